The molecule has 5 heteroatoms. The summed E-state index contributed by atoms with van der Waals surface area (Å²) in [6, 6.07) is 19.5. The van der Waals surface area contributed by atoms with E-state index in [1.165, 1.54) is 0 Å². The van der Waals surface area contributed by atoms with E-state index in [1.54, 1.807) is 0 Å². The van der Waals surface area contributed by atoms with Gasteiger partial charge in [-0.15, -0.1) is 12.4 Å². The van der Waals surface area contributed by atoms with Crippen molar-refractivity contribution in [3.8, 4) is 0 Å². The van der Waals surface area contributed by atoms with Crippen LogP contribution in [0.1, 0.15) is 17.5 Å². The van der Waals surface area contributed by atoms with Crippen molar-refractivity contribution in [2.75, 3.05) is 6.54 Å². The van der Waals surface area contributed by atoms with Crippen LogP contribution in [0.4, 0.5) is 0 Å². The summed E-state index contributed by atoms with van der Waals surface area (Å²) in [6.45, 7) is 1.82. The Morgan fingerprint density at radius 2 is 1.62 bits per heavy atom. The van der Waals surface area contributed by atoms with Crippen LogP contribution in [0.15, 0.2) is 60.7 Å². The Kier molecular flexibility index (Phi) is 6.79. The molecule has 2 atom stereocenters. The summed E-state index contributed by atoms with van der Waals surface area (Å²) in [5, 5.41) is 9.47. The fourth-order valence-corrected chi connectivity index (χ4v) is 3.02. The van der Waals surface area contributed by atoms with Crippen LogP contribution >= 0.6 is 12.4 Å². The van der Waals surface area contributed by atoms with Crippen molar-refractivity contribution in [2.45, 2.75) is 31.7 Å². The highest BCUT2D eigenvalue weighted by Crippen LogP contribution is 2.23. The van der Waals surface area contributed by atoms with Crippen molar-refractivity contribution >= 4 is 18.4 Å². The minimum atomic E-state index is -0.772. The van der Waals surface area contributed by atoms with Gasteiger partial charge in [-0.05, 0) is 11.1 Å². The lowest BCUT2D eigenvalue weighted by atomic mass is 10.1. The Bertz CT molecular complexity index is 636. The number of aliphatic carboxylic acids is 1. The van der Waals surface area contributed by atoms with E-state index in [2.05, 4.69) is 0 Å². The first-order valence-electron chi connectivity index (χ1n) is 7.88. The number of carboxylic acids is 1. The highest BCUT2D eigenvalue weighted by atomic mass is 35.5. The van der Waals surface area contributed by atoms with E-state index in [-0.39, 0.29) is 18.5 Å². The van der Waals surface area contributed by atoms with Crippen LogP contribution in [0.2, 0.25) is 0 Å². The first-order valence-corrected chi connectivity index (χ1v) is 7.88. The lowest BCUT2D eigenvalue weighted by molar-refractivity contribution is -0.142. The average molecular weight is 348 g/mol. The van der Waals surface area contributed by atoms with E-state index in [0.717, 1.165) is 11.1 Å². The summed E-state index contributed by atoms with van der Waals surface area (Å²) in [4.78, 5) is 13.5. The van der Waals surface area contributed by atoms with Crippen LogP contribution in [0, 0.1) is 0 Å². The Balaban J connectivity index is 0.00000208. The molecule has 0 aliphatic carbocycles. The number of rotatable bonds is 6. The molecule has 0 bridgehead atoms. The number of likely N-dealkylation sites (tertiary alicyclic amines) is 1. The second-order valence-corrected chi connectivity index (χ2v) is 5.92. The molecule has 0 saturated carbocycles. The second kappa shape index (κ2) is 8.83. The van der Waals surface area contributed by atoms with Gasteiger partial charge in [-0.1, -0.05) is 60.7 Å². The minimum Gasteiger partial charge on any atom is -0.480 e. The summed E-state index contributed by atoms with van der Waals surface area (Å²) in [6.07, 6.45) is 0.495. The molecule has 0 spiro atoms. The summed E-state index contributed by atoms with van der Waals surface area (Å²) < 4.78 is 5.93. The van der Waals surface area contributed by atoms with Gasteiger partial charge in [0, 0.05) is 19.5 Å². The average Bonchev–Trinajstić information content (AvgIpc) is 2.98. The molecule has 1 N–H and O–H groups in total. The molecule has 24 heavy (non-hydrogen) atoms. The molecule has 128 valence electrons. The van der Waals surface area contributed by atoms with Crippen LogP contribution in [-0.4, -0.2) is 34.7 Å². The molecule has 2 unspecified atom stereocenters. The van der Waals surface area contributed by atoms with E-state index >= 15 is 0 Å². The maximum Gasteiger partial charge on any atom is 0.321 e. The van der Waals surface area contributed by atoms with Gasteiger partial charge in [0.25, 0.3) is 0 Å². The van der Waals surface area contributed by atoms with Gasteiger partial charge < -0.3 is 9.84 Å². The van der Waals surface area contributed by atoms with E-state index in [0.29, 0.717) is 26.1 Å². The second-order valence-electron chi connectivity index (χ2n) is 5.92. The van der Waals surface area contributed by atoms with E-state index < -0.39 is 12.0 Å². The standard InChI is InChI=1S/C19H21NO3.ClH/c21-19(22)18-11-17(23-14-16-9-5-2-6-10-16)13-20(18)12-15-7-3-1-4-8-15;/h1-10,17-18H,11-14H2,(H,21,22);1H. The minimum absolute atomic E-state index is 0. The molecule has 1 aliphatic heterocycles. The fraction of sp³-hybridized carbons (Fsp3) is 0.316. The van der Waals surface area contributed by atoms with E-state index in [1.807, 2.05) is 65.6 Å². The van der Waals surface area contributed by atoms with Gasteiger partial charge in [-0.3, -0.25) is 9.69 Å². The number of hydrogen-bond donors (Lipinski definition) is 1. The molecule has 1 heterocycles. The van der Waals surface area contributed by atoms with E-state index in [4.69, 9.17) is 4.74 Å². The van der Waals surface area contributed by atoms with Crippen molar-refractivity contribution in [1.29, 1.82) is 0 Å². The maximum absolute atomic E-state index is 11.5. The maximum atomic E-state index is 11.5. The summed E-state index contributed by atoms with van der Waals surface area (Å²) in [5.74, 6) is -0.772. The number of hydrogen-bond acceptors (Lipinski definition) is 3. The molecule has 0 amide bonds. The lowest BCUT2D eigenvalue weighted by Gasteiger charge is -2.20. The molecule has 0 radical (unpaired) electrons. The van der Waals surface area contributed by atoms with Crippen LogP contribution in [0.25, 0.3) is 0 Å². The molecule has 0 aromatic heterocycles. The van der Waals surface area contributed by atoms with Gasteiger partial charge >= 0.3 is 5.97 Å². The van der Waals surface area contributed by atoms with Crippen molar-refractivity contribution in [2.24, 2.45) is 0 Å². The zero-order valence-corrected chi connectivity index (χ0v) is 14.2. The van der Waals surface area contributed by atoms with Crippen molar-refractivity contribution < 1.29 is 14.6 Å². The van der Waals surface area contributed by atoms with Gasteiger partial charge in [0.1, 0.15) is 6.04 Å². The molecule has 2 aromatic carbocycles. The van der Waals surface area contributed by atoms with E-state index in [9.17, 15) is 9.90 Å². The molecule has 1 aliphatic rings. The molecular formula is C19H22ClNO3. The third-order valence-corrected chi connectivity index (χ3v) is 4.21. The summed E-state index contributed by atoms with van der Waals surface area (Å²) in [7, 11) is 0. The van der Waals surface area contributed by atoms with Gasteiger partial charge in [-0.25, -0.2) is 0 Å². The number of halogens is 1. The van der Waals surface area contributed by atoms with Crippen LogP contribution in [0.5, 0.6) is 0 Å². The van der Waals surface area contributed by atoms with Crippen LogP contribution in [0.3, 0.4) is 0 Å². The third-order valence-electron chi connectivity index (χ3n) is 4.21. The predicted molar refractivity (Wildman–Crippen MR) is 95.2 cm³/mol. The zero-order valence-electron chi connectivity index (χ0n) is 13.4. The molecule has 1 fully saturated rings. The monoisotopic (exact) mass is 347 g/mol. The van der Waals surface area contributed by atoms with Gasteiger partial charge in [0.05, 0.1) is 12.7 Å². The van der Waals surface area contributed by atoms with Crippen LogP contribution < -0.4 is 0 Å². The van der Waals surface area contributed by atoms with Crippen molar-refractivity contribution in [3.05, 3.63) is 71.8 Å². The Morgan fingerprint density at radius 1 is 1.04 bits per heavy atom. The first kappa shape index (κ1) is 18.5. The Morgan fingerprint density at radius 3 is 2.21 bits per heavy atom. The molecule has 1 saturated heterocycles. The third kappa shape index (κ3) is 4.81. The van der Waals surface area contributed by atoms with Crippen molar-refractivity contribution in [3.63, 3.8) is 0 Å². The van der Waals surface area contributed by atoms with Crippen LogP contribution in [-0.2, 0) is 22.7 Å². The number of nitrogens with zero attached hydrogens (tertiary/aromatic N) is 1. The lowest BCUT2D eigenvalue weighted by Crippen LogP contribution is -2.35. The highest BCUT2D eigenvalue weighted by Gasteiger charge is 2.37. The molecule has 4 nitrogen and oxygen atoms in total. The molecular weight excluding hydrogens is 326 g/mol. The predicted octanol–water partition coefficient (Wildman–Crippen LogP) is 3.35. The number of benzene rings is 2. The van der Waals surface area contributed by atoms with Gasteiger partial charge in [0.2, 0.25) is 0 Å². The normalized spacial score (nSPS) is 20.5. The highest BCUT2D eigenvalue weighted by molar-refractivity contribution is 5.85. The Hall–Kier alpha value is -1.88. The molecule has 2 aromatic rings. The number of carboxylic acid groups (broad SMARTS) is 1. The quantitative estimate of drug-likeness (QED) is 0.870. The smallest absolute Gasteiger partial charge is 0.321 e. The number of ether oxygens (including phenoxy) is 1. The van der Waals surface area contributed by atoms with Crippen molar-refractivity contribution in [1.82, 2.24) is 4.90 Å². The first-order chi connectivity index (χ1) is 11.2. The van der Waals surface area contributed by atoms with Gasteiger partial charge in [-0.2, -0.15) is 0 Å². The summed E-state index contributed by atoms with van der Waals surface area (Å²) >= 11 is 0. The zero-order chi connectivity index (χ0) is 16.1. The SMILES string of the molecule is Cl.O=C(O)C1CC(OCc2ccccc2)CN1Cc1ccccc1. The summed E-state index contributed by atoms with van der Waals surface area (Å²) in [5.41, 5.74) is 2.24. The van der Waals surface area contributed by atoms with Gasteiger partial charge in [0.15, 0.2) is 0 Å². The topological polar surface area (TPSA) is 49.8 Å². The molecule has 3 rings (SSSR count). The fourth-order valence-electron chi connectivity index (χ4n) is 3.02. The largest absolute Gasteiger partial charge is 0.480 e. The Labute approximate surface area is 148 Å². The number of carbonyl (C=O) groups is 1.